The Morgan fingerprint density at radius 2 is 1.93 bits per heavy atom. The normalized spacial score (nSPS) is 10.1. The molecule has 0 radical (unpaired) electrons. The van der Waals surface area contributed by atoms with E-state index >= 15 is 0 Å². The van der Waals surface area contributed by atoms with Crippen molar-refractivity contribution in [1.82, 2.24) is 0 Å². The van der Waals surface area contributed by atoms with Crippen LogP contribution in [-0.2, 0) is 0 Å². The molecule has 0 aliphatic rings. The fourth-order valence-corrected chi connectivity index (χ4v) is 1.06. The third-order valence-electron chi connectivity index (χ3n) is 1.74. The van der Waals surface area contributed by atoms with Gasteiger partial charge < -0.3 is 16.2 Å². The lowest BCUT2D eigenvalue weighted by Gasteiger charge is -2.08. The smallest absolute Gasteiger partial charge is 0.335 e. The van der Waals surface area contributed by atoms with Crippen LogP contribution in [-0.4, -0.2) is 24.2 Å². The highest BCUT2D eigenvalue weighted by atomic mass is 19.1. The molecule has 4 N–H and O–H groups in total. The van der Waals surface area contributed by atoms with E-state index in [4.69, 9.17) is 10.8 Å². The number of carboxylic acids is 1. The fraction of sp³-hybridized carbons (Fsp3) is 0.222. The molecule has 0 unspecified atom stereocenters. The maximum absolute atomic E-state index is 13.2. The van der Waals surface area contributed by atoms with Gasteiger partial charge in [0.05, 0.1) is 5.56 Å². The van der Waals surface area contributed by atoms with Gasteiger partial charge in [-0.3, -0.25) is 0 Å². The van der Waals surface area contributed by atoms with Crippen LogP contribution in [0.5, 0.6) is 0 Å². The first-order valence-electron chi connectivity index (χ1n) is 4.22. The van der Waals surface area contributed by atoms with Crippen molar-refractivity contribution in [3.8, 4) is 0 Å². The molecular weight excluding hydrogens is 206 g/mol. The van der Waals surface area contributed by atoms with Gasteiger partial charge in [0.15, 0.2) is 0 Å². The minimum atomic E-state index is -1.38. The molecule has 15 heavy (non-hydrogen) atoms. The zero-order valence-electron chi connectivity index (χ0n) is 7.76. The van der Waals surface area contributed by atoms with Crippen molar-refractivity contribution in [2.24, 2.45) is 5.73 Å². The number of carbonyl (C=O) groups is 1. The zero-order chi connectivity index (χ0) is 11.4. The van der Waals surface area contributed by atoms with E-state index in [0.29, 0.717) is 0 Å². The molecule has 0 bridgehead atoms. The first-order chi connectivity index (χ1) is 7.06. The lowest BCUT2D eigenvalue weighted by atomic mass is 10.2. The van der Waals surface area contributed by atoms with Crippen molar-refractivity contribution >= 4 is 11.7 Å². The maximum Gasteiger partial charge on any atom is 0.335 e. The van der Waals surface area contributed by atoms with Gasteiger partial charge in [0.2, 0.25) is 0 Å². The molecule has 1 rings (SSSR count). The number of rotatable bonds is 4. The quantitative estimate of drug-likeness (QED) is 0.702. The number of nitrogens with one attached hydrogen (secondary N) is 1. The van der Waals surface area contributed by atoms with Crippen LogP contribution in [0.2, 0.25) is 0 Å². The van der Waals surface area contributed by atoms with Crippen molar-refractivity contribution in [2.75, 3.05) is 18.4 Å². The summed E-state index contributed by atoms with van der Waals surface area (Å²) in [6, 6.07) is 1.51. The number of hydrogen-bond acceptors (Lipinski definition) is 3. The van der Waals surface area contributed by atoms with E-state index < -0.39 is 23.2 Å². The highest BCUT2D eigenvalue weighted by molar-refractivity contribution is 5.88. The van der Waals surface area contributed by atoms with E-state index in [1.54, 1.807) is 0 Å². The van der Waals surface area contributed by atoms with Gasteiger partial charge in [-0.05, 0) is 12.1 Å². The molecule has 0 spiro atoms. The van der Waals surface area contributed by atoms with Gasteiger partial charge in [-0.15, -0.1) is 0 Å². The Balaban J connectivity index is 3.04. The molecule has 0 atom stereocenters. The van der Waals surface area contributed by atoms with Crippen molar-refractivity contribution in [2.45, 2.75) is 0 Å². The van der Waals surface area contributed by atoms with Gasteiger partial charge in [0.1, 0.15) is 17.3 Å². The minimum Gasteiger partial charge on any atom is -0.478 e. The van der Waals surface area contributed by atoms with Crippen LogP contribution >= 0.6 is 0 Å². The third-order valence-corrected chi connectivity index (χ3v) is 1.74. The van der Waals surface area contributed by atoms with E-state index in [0.717, 1.165) is 12.1 Å². The number of benzene rings is 1. The van der Waals surface area contributed by atoms with Gasteiger partial charge in [0.25, 0.3) is 0 Å². The van der Waals surface area contributed by atoms with E-state index in [2.05, 4.69) is 5.32 Å². The van der Waals surface area contributed by atoms with Crippen molar-refractivity contribution in [3.05, 3.63) is 29.3 Å². The van der Waals surface area contributed by atoms with E-state index in [1.807, 2.05) is 0 Å². The monoisotopic (exact) mass is 216 g/mol. The second-order valence-electron chi connectivity index (χ2n) is 2.84. The largest absolute Gasteiger partial charge is 0.478 e. The summed E-state index contributed by atoms with van der Waals surface area (Å²) in [5.74, 6) is -3.26. The van der Waals surface area contributed by atoms with Crippen LogP contribution in [0.1, 0.15) is 10.4 Å². The average molecular weight is 216 g/mol. The molecule has 1 aromatic carbocycles. The van der Waals surface area contributed by atoms with E-state index in [1.165, 1.54) is 0 Å². The molecule has 1 aromatic rings. The Hall–Kier alpha value is -1.69. The van der Waals surface area contributed by atoms with Crippen molar-refractivity contribution in [3.63, 3.8) is 0 Å². The topological polar surface area (TPSA) is 75.3 Å². The van der Waals surface area contributed by atoms with E-state index in [9.17, 15) is 13.6 Å². The summed E-state index contributed by atoms with van der Waals surface area (Å²) in [6.45, 7) is 0.430. The van der Waals surface area contributed by atoms with Crippen LogP contribution in [0.4, 0.5) is 14.5 Å². The van der Waals surface area contributed by atoms with Crippen LogP contribution in [0.15, 0.2) is 12.1 Å². The number of carboxylic acid groups (broad SMARTS) is 1. The summed E-state index contributed by atoms with van der Waals surface area (Å²) in [5.41, 5.74) is 4.37. The van der Waals surface area contributed by atoms with Gasteiger partial charge in [0, 0.05) is 13.1 Å². The zero-order valence-corrected chi connectivity index (χ0v) is 7.76. The van der Waals surface area contributed by atoms with Gasteiger partial charge in [-0.1, -0.05) is 0 Å². The Kier molecular flexibility index (Phi) is 3.56. The fourth-order valence-electron chi connectivity index (χ4n) is 1.06. The first-order valence-corrected chi connectivity index (χ1v) is 4.22. The van der Waals surface area contributed by atoms with Crippen molar-refractivity contribution < 1.29 is 18.7 Å². The molecule has 0 heterocycles. The molecule has 0 aliphatic heterocycles. The number of hydrogen-bond donors (Lipinski definition) is 3. The standard InChI is InChI=1S/C9H10F2N2O2/c10-6-3-5(9(14)15)4-7(11)8(6)13-2-1-12/h3-4,13H,1-2,12H2,(H,14,15). The van der Waals surface area contributed by atoms with Gasteiger partial charge in [-0.25, -0.2) is 13.6 Å². The average Bonchev–Trinajstić information content (AvgIpc) is 2.16. The summed E-state index contributed by atoms with van der Waals surface area (Å²) >= 11 is 0. The highest BCUT2D eigenvalue weighted by Gasteiger charge is 2.13. The van der Waals surface area contributed by atoms with Crippen LogP contribution in [0.3, 0.4) is 0 Å². The number of anilines is 1. The minimum absolute atomic E-state index is 0.209. The number of aromatic carboxylic acids is 1. The second kappa shape index (κ2) is 4.70. The Morgan fingerprint density at radius 3 is 2.33 bits per heavy atom. The Morgan fingerprint density at radius 1 is 1.40 bits per heavy atom. The SMILES string of the molecule is NCCNc1c(F)cc(C(=O)O)cc1F. The maximum atomic E-state index is 13.2. The second-order valence-corrected chi connectivity index (χ2v) is 2.84. The third kappa shape index (κ3) is 2.63. The van der Waals surface area contributed by atoms with Crippen LogP contribution in [0.25, 0.3) is 0 Å². The lowest BCUT2D eigenvalue weighted by Crippen LogP contribution is -2.15. The molecule has 0 aromatic heterocycles. The summed E-state index contributed by atoms with van der Waals surface area (Å²) in [6.07, 6.45) is 0. The van der Waals surface area contributed by atoms with Gasteiger partial charge >= 0.3 is 5.97 Å². The van der Waals surface area contributed by atoms with Crippen LogP contribution < -0.4 is 11.1 Å². The Bertz CT molecular complexity index is 359. The number of halogens is 2. The Labute approximate surface area is 84.7 Å². The van der Waals surface area contributed by atoms with Crippen LogP contribution in [0, 0.1) is 11.6 Å². The summed E-state index contributed by atoms with van der Waals surface area (Å²) in [5, 5.41) is 11.0. The molecule has 4 nitrogen and oxygen atoms in total. The predicted octanol–water partition coefficient (Wildman–Crippen LogP) is 1.03. The molecular formula is C9H10F2N2O2. The lowest BCUT2D eigenvalue weighted by molar-refractivity contribution is 0.0696. The molecule has 0 saturated carbocycles. The number of nitrogens with two attached hydrogens (primary N) is 1. The summed E-state index contributed by atoms with van der Waals surface area (Å²) in [7, 11) is 0. The summed E-state index contributed by atoms with van der Waals surface area (Å²) in [4.78, 5) is 10.5. The van der Waals surface area contributed by atoms with Gasteiger partial charge in [-0.2, -0.15) is 0 Å². The molecule has 0 fully saturated rings. The molecule has 0 amide bonds. The molecule has 82 valence electrons. The summed E-state index contributed by atoms with van der Waals surface area (Å²) < 4.78 is 26.4. The highest BCUT2D eigenvalue weighted by Crippen LogP contribution is 2.20. The molecule has 0 saturated heterocycles. The predicted molar refractivity (Wildman–Crippen MR) is 50.9 cm³/mol. The van der Waals surface area contributed by atoms with E-state index in [-0.39, 0.29) is 18.8 Å². The molecule has 0 aliphatic carbocycles. The molecule has 6 heteroatoms. The first kappa shape index (κ1) is 11.4. The van der Waals surface area contributed by atoms with Crippen molar-refractivity contribution in [1.29, 1.82) is 0 Å².